The molecule has 1 atom stereocenters. The van der Waals surface area contributed by atoms with Crippen molar-refractivity contribution in [1.29, 1.82) is 0 Å². The predicted octanol–water partition coefficient (Wildman–Crippen LogP) is 2.30. The number of rotatable bonds is 3. The van der Waals surface area contributed by atoms with Crippen LogP contribution in [0, 0.1) is 0 Å². The van der Waals surface area contributed by atoms with Gasteiger partial charge >= 0.3 is 0 Å². The molecule has 1 heterocycles. The third-order valence-corrected chi connectivity index (χ3v) is 4.09. The topological polar surface area (TPSA) is 58.8 Å². The molecule has 0 aromatic heterocycles. The molecule has 5 nitrogen and oxygen atoms in total. The number of likely N-dealkylation sites (N-methyl/N-ethyl adjacent to an activating group) is 1. The van der Waals surface area contributed by atoms with Gasteiger partial charge in [-0.05, 0) is 29.8 Å². The number of carbonyl (C=O) groups is 1. The van der Waals surface area contributed by atoms with Gasteiger partial charge in [-0.1, -0.05) is 12.1 Å². The summed E-state index contributed by atoms with van der Waals surface area (Å²) in [7, 11) is 5.76. The van der Waals surface area contributed by atoms with Crippen LogP contribution in [0.2, 0.25) is 0 Å². The average molecular weight is 311 g/mol. The van der Waals surface area contributed by atoms with E-state index in [0.717, 1.165) is 16.9 Å². The molecule has 0 fully saturated rings. The molecule has 0 spiro atoms. The van der Waals surface area contributed by atoms with Crippen LogP contribution in [0.1, 0.15) is 5.56 Å². The summed E-state index contributed by atoms with van der Waals surface area (Å²) in [6, 6.07) is 13.5. The van der Waals surface area contributed by atoms with E-state index < -0.39 is 6.10 Å². The molecule has 120 valence electrons. The van der Waals surface area contributed by atoms with Gasteiger partial charge in [0.15, 0.2) is 6.10 Å². The van der Waals surface area contributed by atoms with Crippen molar-refractivity contribution in [3.63, 3.8) is 0 Å². The third-order valence-electron chi connectivity index (χ3n) is 4.09. The van der Waals surface area contributed by atoms with Gasteiger partial charge in [0.1, 0.15) is 5.75 Å². The van der Waals surface area contributed by atoms with Crippen molar-refractivity contribution in [3.8, 4) is 5.75 Å². The summed E-state index contributed by atoms with van der Waals surface area (Å²) in [5.74, 6) is 0.612. The van der Waals surface area contributed by atoms with Crippen molar-refractivity contribution < 1.29 is 9.53 Å². The Morgan fingerprint density at radius 3 is 2.52 bits per heavy atom. The number of anilines is 3. The van der Waals surface area contributed by atoms with Gasteiger partial charge in [0.25, 0.3) is 5.91 Å². The van der Waals surface area contributed by atoms with Crippen LogP contribution < -0.4 is 20.3 Å². The standard InChI is InChI=1S/C18H21N3O2/c1-20(2)14-7-4-12(5-8-14)10-17-18(22)21(3)15-9-6-13(19)11-16(15)23-17/h4-9,11,17H,10,19H2,1-3H3. The number of nitrogens with two attached hydrogens (primary N) is 1. The van der Waals surface area contributed by atoms with Gasteiger partial charge in [0.05, 0.1) is 5.69 Å². The zero-order valence-corrected chi connectivity index (χ0v) is 13.6. The Morgan fingerprint density at radius 2 is 1.87 bits per heavy atom. The molecule has 0 aliphatic carbocycles. The summed E-state index contributed by atoms with van der Waals surface area (Å²) >= 11 is 0. The van der Waals surface area contributed by atoms with Crippen molar-refractivity contribution >= 4 is 23.0 Å². The first-order chi connectivity index (χ1) is 11.0. The lowest BCUT2D eigenvalue weighted by Gasteiger charge is -2.32. The molecule has 1 aliphatic heterocycles. The normalized spacial score (nSPS) is 16.7. The molecular formula is C18H21N3O2. The maximum Gasteiger partial charge on any atom is 0.268 e. The van der Waals surface area contributed by atoms with E-state index in [1.54, 1.807) is 24.1 Å². The number of hydrogen-bond acceptors (Lipinski definition) is 4. The number of nitrogens with zero attached hydrogens (tertiary/aromatic N) is 2. The Bertz CT molecular complexity index is 726. The maximum atomic E-state index is 12.5. The summed E-state index contributed by atoms with van der Waals surface area (Å²) in [5, 5.41) is 0. The van der Waals surface area contributed by atoms with Crippen LogP contribution in [-0.2, 0) is 11.2 Å². The van der Waals surface area contributed by atoms with Crippen molar-refractivity contribution in [3.05, 3.63) is 48.0 Å². The number of amides is 1. The Morgan fingerprint density at radius 1 is 1.17 bits per heavy atom. The van der Waals surface area contributed by atoms with Crippen LogP contribution in [0.4, 0.5) is 17.1 Å². The molecule has 2 aromatic rings. The minimum Gasteiger partial charge on any atom is -0.478 e. The quantitative estimate of drug-likeness (QED) is 0.884. The van der Waals surface area contributed by atoms with Gasteiger partial charge < -0.3 is 20.3 Å². The van der Waals surface area contributed by atoms with Gasteiger partial charge in [0.2, 0.25) is 0 Å². The van der Waals surface area contributed by atoms with E-state index in [1.807, 2.05) is 49.3 Å². The van der Waals surface area contributed by atoms with E-state index in [1.165, 1.54) is 0 Å². The van der Waals surface area contributed by atoms with Crippen LogP contribution >= 0.6 is 0 Å². The minimum atomic E-state index is -0.528. The second-order valence-electron chi connectivity index (χ2n) is 6.00. The summed E-state index contributed by atoms with van der Waals surface area (Å²) in [6.45, 7) is 0. The minimum absolute atomic E-state index is 0.0426. The Balaban J connectivity index is 1.82. The number of hydrogen-bond donors (Lipinski definition) is 1. The van der Waals surface area contributed by atoms with Crippen molar-refractivity contribution in [2.75, 3.05) is 36.7 Å². The first-order valence-corrected chi connectivity index (χ1v) is 7.55. The molecule has 1 amide bonds. The van der Waals surface area contributed by atoms with Gasteiger partial charge in [-0.3, -0.25) is 4.79 Å². The van der Waals surface area contributed by atoms with E-state index in [-0.39, 0.29) is 5.91 Å². The fraction of sp³-hybridized carbons (Fsp3) is 0.278. The molecular weight excluding hydrogens is 290 g/mol. The molecule has 5 heteroatoms. The van der Waals surface area contributed by atoms with Gasteiger partial charge in [-0.2, -0.15) is 0 Å². The SMILES string of the molecule is CN(C)c1ccc(CC2Oc3cc(N)ccc3N(C)C2=O)cc1. The largest absolute Gasteiger partial charge is 0.478 e. The van der Waals surface area contributed by atoms with Crippen LogP contribution in [0.25, 0.3) is 0 Å². The molecule has 1 aliphatic rings. The highest BCUT2D eigenvalue weighted by molar-refractivity contribution is 6.00. The van der Waals surface area contributed by atoms with Crippen LogP contribution in [-0.4, -0.2) is 33.2 Å². The van der Waals surface area contributed by atoms with E-state index in [0.29, 0.717) is 17.9 Å². The third kappa shape index (κ3) is 2.95. The smallest absolute Gasteiger partial charge is 0.268 e. The lowest BCUT2D eigenvalue weighted by molar-refractivity contribution is -0.125. The number of nitrogen functional groups attached to an aromatic ring is 1. The molecule has 3 rings (SSSR count). The van der Waals surface area contributed by atoms with E-state index in [9.17, 15) is 4.79 Å². The highest BCUT2D eigenvalue weighted by atomic mass is 16.5. The molecule has 0 saturated carbocycles. The zero-order chi connectivity index (χ0) is 16.6. The molecule has 2 aromatic carbocycles. The molecule has 0 radical (unpaired) electrons. The molecule has 2 N–H and O–H groups in total. The fourth-order valence-corrected chi connectivity index (χ4v) is 2.71. The van der Waals surface area contributed by atoms with Crippen LogP contribution in [0.3, 0.4) is 0 Å². The van der Waals surface area contributed by atoms with Crippen LogP contribution in [0.15, 0.2) is 42.5 Å². The van der Waals surface area contributed by atoms with Crippen molar-refractivity contribution in [2.45, 2.75) is 12.5 Å². The number of benzene rings is 2. The molecule has 1 unspecified atom stereocenters. The van der Waals surface area contributed by atoms with Crippen LogP contribution in [0.5, 0.6) is 5.75 Å². The Hall–Kier alpha value is -2.69. The predicted molar refractivity (Wildman–Crippen MR) is 93.2 cm³/mol. The monoisotopic (exact) mass is 311 g/mol. The summed E-state index contributed by atoms with van der Waals surface area (Å²) in [6.07, 6.45) is 0.00462. The van der Waals surface area contributed by atoms with Crippen molar-refractivity contribution in [2.24, 2.45) is 0 Å². The lowest BCUT2D eigenvalue weighted by atomic mass is 10.0. The summed E-state index contributed by atoms with van der Waals surface area (Å²) in [4.78, 5) is 16.2. The number of ether oxygens (including phenoxy) is 1. The first-order valence-electron chi connectivity index (χ1n) is 7.55. The summed E-state index contributed by atoms with van der Waals surface area (Å²) in [5.41, 5.74) is 9.38. The number of fused-ring (bicyclic) bond motifs is 1. The fourth-order valence-electron chi connectivity index (χ4n) is 2.71. The average Bonchev–Trinajstić information content (AvgIpc) is 2.52. The Kier molecular flexibility index (Phi) is 3.86. The van der Waals surface area contributed by atoms with E-state index in [4.69, 9.17) is 10.5 Å². The van der Waals surface area contributed by atoms with Gasteiger partial charge in [-0.15, -0.1) is 0 Å². The van der Waals surface area contributed by atoms with Gasteiger partial charge in [-0.25, -0.2) is 0 Å². The first kappa shape index (κ1) is 15.2. The van der Waals surface area contributed by atoms with E-state index in [2.05, 4.69) is 0 Å². The van der Waals surface area contributed by atoms with Gasteiger partial charge in [0, 0.05) is 45.0 Å². The molecule has 0 bridgehead atoms. The Labute approximate surface area is 136 Å². The molecule has 23 heavy (non-hydrogen) atoms. The molecule has 0 saturated heterocycles. The van der Waals surface area contributed by atoms with Crippen molar-refractivity contribution in [1.82, 2.24) is 0 Å². The van der Waals surface area contributed by atoms with E-state index >= 15 is 0 Å². The summed E-state index contributed by atoms with van der Waals surface area (Å²) < 4.78 is 5.90. The highest BCUT2D eigenvalue weighted by Gasteiger charge is 2.32. The second-order valence-corrected chi connectivity index (χ2v) is 6.00. The zero-order valence-electron chi connectivity index (χ0n) is 13.6. The second kappa shape index (κ2) is 5.83. The maximum absolute atomic E-state index is 12.5. The number of carbonyl (C=O) groups excluding carboxylic acids is 1. The lowest BCUT2D eigenvalue weighted by Crippen LogP contribution is -2.44. The highest BCUT2D eigenvalue weighted by Crippen LogP contribution is 2.35.